The highest BCUT2D eigenvalue weighted by Crippen LogP contribution is 2.45. The average molecular weight is 735 g/mol. The van der Waals surface area contributed by atoms with Gasteiger partial charge in [-0.3, -0.25) is 4.79 Å². The quantitative estimate of drug-likeness (QED) is 0.0748. The van der Waals surface area contributed by atoms with Crippen molar-refractivity contribution in [2.24, 2.45) is 11.8 Å². The first-order valence-corrected chi connectivity index (χ1v) is 21.7. The van der Waals surface area contributed by atoms with Crippen LogP contribution in [0.2, 0.25) is 5.04 Å². The molecule has 7 heteroatoms. The lowest BCUT2D eigenvalue weighted by atomic mass is 9.89. The molecule has 4 aromatic rings. The molecule has 1 saturated carbocycles. The summed E-state index contributed by atoms with van der Waals surface area (Å²) < 4.78 is 21.9. The fourth-order valence-electron chi connectivity index (χ4n) is 7.99. The van der Waals surface area contributed by atoms with Gasteiger partial charge in [0.15, 0.2) is 6.29 Å². The van der Waals surface area contributed by atoms with Crippen LogP contribution in [0.1, 0.15) is 83.1 Å². The van der Waals surface area contributed by atoms with E-state index in [-0.39, 0.29) is 41.8 Å². The topological polar surface area (TPSA) is 65.0 Å². The average Bonchev–Trinajstić information content (AvgIpc) is 3.70. The second-order valence-electron chi connectivity index (χ2n) is 15.3. The van der Waals surface area contributed by atoms with Crippen LogP contribution >= 0.6 is 11.3 Å². The molecule has 0 bridgehead atoms. The Morgan fingerprint density at radius 2 is 1.69 bits per heavy atom. The Morgan fingerprint density at radius 1 is 1.00 bits per heavy atom. The number of hydrogen-bond acceptors (Lipinski definition) is 5. The molecule has 5 atom stereocenters. The second kappa shape index (κ2) is 17.5. The SMILES string of the molecule is C=C1C[C@@H](OC2CCCCO2)[C@H](C=CC(O[Si](c2ccccc2)(c2ccccc2)C(C)(C)C)c2cc3ccccc3s2)[C@H]1CC=CCCCC(=O)O. The van der Waals surface area contributed by atoms with Crippen LogP contribution in [0.4, 0.5) is 0 Å². The van der Waals surface area contributed by atoms with Crippen molar-refractivity contribution in [3.05, 3.63) is 132 Å². The first-order chi connectivity index (χ1) is 25.2. The Bertz CT molecular complexity index is 1750. The van der Waals surface area contributed by atoms with Crippen molar-refractivity contribution in [2.45, 2.75) is 95.7 Å². The summed E-state index contributed by atoms with van der Waals surface area (Å²) in [6, 6.07) is 32.6. The molecule has 2 unspecified atom stereocenters. The van der Waals surface area contributed by atoms with Gasteiger partial charge in [-0.05, 0) is 83.8 Å². The molecule has 6 rings (SSSR count). The van der Waals surface area contributed by atoms with E-state index in [9.17, 15) is 4.79 Å². The lowest BCUT2D eigenvalue weighted by molar-refractivity contribution is -0.192. The summed E-state index contributed by atoms with van der Waals surface area (Å²) in [4.78, 5) is 12.2. The van der Waals surface area contributed by atoms with Gasteiger partial charge in [0.05, 0.1) is 12.2 Å². The Hall–Kier alpha value is -3.59. The molecular weight excluding hydrogens is 681 g/mol. The number of carboxylic acid groups (broad SMARTS) is 1. The van der Waals surface area contributed by atoms with Gasteiger partial charge in [0, 0.05) is 28.5 Å². The van der Waals surface area contributed by atoms with E-state index in [4.69, 9.17) is 19.0 Å². The molecule has 5 nitrogen and oxygen atoms in total. The zero-order valence-corrected chi connectivity index (χ0v) is 32.7. The largest absolute Gasteiger partial charge is 0.481 e. The Kier molecular flexibility index (Phi) is 12.8. The first-order valence-electron chi connectivity index (χ1n) is 18.9. The molecule has 52 heavy (non-hydrogen) atoms. The molecule has 1 aromatic heterocycles. The van der Waals surface area contributed by atoms with Crippen molar-refractivity contribution in [2.75, 3.05) is 6.61 Å². The predicted octanol–water partition coefficient (Wildman–Crippen LogP) is 10.4. The maximum Gasteiger partial charge on any atom is 0.303 e. The number of rotatable bonds is 15. The summed E-state index contributed by atoms with van der Waals surface area (Å²) in [6.07, 6.45) is 14.8. The third kappa shape index (κ3) is 8.95. The molecular formula is C45H54O5SSi. The zero-order chi connectivity index (χ0) is 36.6. The standard InChI is InChI=1S/C45H54O5SSi/c1-33-31-40(49-44-27-17-18-30-48-44)38(37(33)24-13-5-6-14-26-43(46)47)28-29-39(42-32-34-19-15-16-25-41(34)51-42)50-52(45(2,3)4,35-20-9-7-10-21-35)36-22-11-8-12-23-36/h5,7-13,15-16,19-23,25,28-29,32,37-40,44H,1,6,14,17-18,24,26-27,30-31H2,2-4H3,(H,46,47)/t37-,38+,39?,40+,44?/m0/s1. The number of hydrogen-bond donors (Lipinski definition) is 1. The number of fused-ring (bicyclic) bond motifs is 1. The van der Waals surface area contributed by atoms with Crippen molar-refractivity contribution < 1.29 is 23.8 Å². The fraction of sp³-hybridized carbons (Fsp3) is 0.400. The van der Waals surface area contributed by atoms with E-state index >= 15 is 0 Å². The smallest absolute Gasteiger partial charge is 0.303 e. The third-order valence-electron chi connectivity index (χ3n) is 10.6. The molecule has 0 amide bonds. The van der Waals surface area contributed by atoms with E-state index in [0.29, 0.717) is 6.42 Å². The van der Waals surface area contributed by atoms with Crippen LogP contribution in [0.25, 0.3) is 10.1 Å². The van der Waals surface area contributed by atoms with Crippen LogP contribution in [0.3, 0.4) is 0 Å². The highest BCUT2D eigenvalue weighted by atomic mass is 32.1. The van der Waals surface area contributed by atoms with Crippen molar-refractivity contribution in [3.63, 3.8) is 0 Å². The molecule has 0 spiro atoms. The van der Waals surface area contributed by atoms with E-state index in [1.807, 2.05) is 11.3 Å². The van der Waals surface area contributed by atoms with Gasteiger partial charge in [0.25, 0.3) is 8.32 Å². The minimum atomic E-state index is -2.91. The number of ether oxygens (including phenoxy) is 2. The lowest BCUT2D eigenvalue weighted by Gasteiger charge is -2.44. The number of thiophene rings is 1. The van der Waals surface area contributed by atoms with Crippen LogP contribution in [-0.2, 0) is 18.7 Å². The highest BCUT2D eigenvalue weighted by Gasteiger charge is 2.51. The maximum absolute atomic E-state index is 11.0. The van der Waals surface area contributed by atoms with Crippen LogP contribution in [-0.4, -0.2) is 38.4 Å². The summed E-state index contributed by atoms with van der Waals surface area (Å²) in [5.74, 6) is -0.473. The summed E-state index contributed by atoms with van der Waals surface area (Å²) in [5, 5.41) is 12.6. The van der Waals surface area contributed by atoms with Crippen molar-refractivity contribution >= 4 is 46.1 Å². The van der Waals surface area contributed by atoms with E-state index in [1.165, 1.54) is 30.9 Å². The van der Waals surface area contributed by atoms with E-state index < -0.39 is 14.3 Å². The lowest BCUT2D eigenvalue weighted by Crippen LogP contribution is -2.66. The van der Waals surface area contributed by atoms with E-state index in [1.54, 1.807) is 0 Å². The summed E-state index contributed by atoms with van der Waals surface area (Å²) in [6.45, 7) is 12.3. The number of carbonyl (C=O) groups is 1. The normalized spacial score (nSPS) is 22.1. The number of aliphatic carboxylic acids is 1. The van der Waals surface area contributed by atoms with Gasteiger partial charge in [0.2, 0.25) is 0 Å². The molecule has 2 aliphatic rings. The molecule has 1 aliphatic carbocycles. The number of carboxylic acids is 1. The molecule has 2 heterocycles. The van der Waals surface area contributed by atoms with Gasteiger partial charge in [-0.1, -0.05) is 136 Å². The monoisotopic (exact) mass is 734 g/mol. The predicted molar refractivity (Wildman–Crippen MR) is 217 cm³/mol. The Balaban J connectivity index is 1.40. The van der Waals surface area contributed by atoms with E-state index in [0.717, 1.165) is 45.1 Å². The van der Waals surface area contributed by atoms with Crippen LogP contribution < -0.4 is 10.4 Å². The number of allylic oxidation sites excluding steroid dienone is 2. The first kappa shape index (κ1) is 38.1. The fourth-order valence-corrected chi connectivity index (χ4v) is 13.7. The molecule has 0 radical (unpaired) electrons. The minimum Gasteiger partial charge on any atom is -0.481 e. The Morgan fingerprint density at radius 3 is 2.33 bits per heavy atom. The van der Waals surface area contributed by atoms with Crippen LogP contribution in [0, 0.1) is 11.8 Å². The Labute approximate surface area is 315 Å². The molecule has 1 aliphatic heterocycles. The van der Waals surface area contributed by atoms with Gasteiger partial charge in [-0.25, -0.2) is 0 Å². The zero-order valence-electron chi connectivity index (χ0n) is 30.9. The molecule has 3 aromatic carbocycles. The second-order valence-corrected chi connectivity index (χ2v) is 20.7. The van der Waals surface area contributed by atoms with Gasteiger partial charge in [-0.2, -0.15) is 0 Å². The number of benzene rings is 3. The van der Waals surface area contributed by atoms with Crippen molar-refractivity contribution in [1.82, 2.24) is 0 Å². The van der Waals surface area contributed by atoms with Crippen molar-refractivity contribution in [3.8, 4) is 0 Å². The number of unbranched alkanes of at least 4 members (excludes halogenated alkanes) is 1. The maximum atomic E-state index is 11.0. The van der Waals surface area contributed by atoms with Gasteiger partial charge in [-0.15, -0.1) is 11.3 Å². The van der Waals surface area contributed by atoms with Gasteiger partial charge in [0.1, 0.15) is 0 Å². The summed E-state index contributed by atoms with van der Waals surface area (Å²) in [5.41, 5.74) is 1.19. The molecule has 2 fully saturated rings. The molecule has 274 valence electrons. The minimum absolute atomic E-state index is 0.0480. The van der Waals surface area contributed by atoms with Crippen LogP contribution in [0.15, 0.2) is 127 Å². The van der Waals surface area contributed by atoms with Crippen LogP contribution in [0.5, 0.6) is 0 Å². The van der Waals surface area contributed by atoms with Gasteiger partial charge < -0.3 is 19.0 Å². The summed E-state index contributed by atoms with van der Waals surface area (Å²) in [7, 11) is -2.91. The summed E-state index contributed by atoms with van der Waals surface area (Å²) >= 11 is 1.81. The molecule has 1 saturated heterocycles. The van der Waals surface area contributed by atoms with E-state index in [2.05, 4.69) is 143 Å². The third-order valence-corrected chi connectivity index (χ3v) is 16.8. The van der Waals surface area contributed by atoms with Gasteiger partial charge >= 0.3 is 5.97 Å². The molecule has 1 N–H and O–H groups in total. The highest BCUT2D eigenvalue weighted by molar-refractivity contribution is 7.19. The van der Waals surface area contributed by atoms with Crippen molar-refractivity contribution in [1.29, 1.82) is 0 Å².